The zero-order valence-corrected chi connectivity index (χ0v) is 8.59. The van der Waals surface area contributed by atoms with Crippen LogP contribution < -0.4 is 5.32 Å². The van der Waals surface area contributed by atoms with Crippen molar-refractivity contribution in [3.8, 4) is 0 Å². The Morgan fingerprint density at radius 1 is 1.54 bits per heavy atom. The summed E-state index contributed by atoms with van der Waals surface area (Å²) in [6, 6.07) is -0.0525. The molecule has 1 fully saturated rings. The summed E-state index contributed by atoms with van der Waals surface area (Å²) in [7, 11) is 5.17. The summed E-state index contributed by atoms with van der Waals surface area (Å²) < 4.78 is 5.37. The van der Waals surface area contributed by atoms with Gasteiger partial charge in [0.1, 0.15) is 0 Å². The molecule has 0 radical (unpaired) electrons. The van der Waals surface area contributed by atoms with Crippen LogP contribution in [0.5, 0.6) is 0 Å². The summed E-state index contributed by atoms with van der Waals surface area (Å²) in [5.74, 6) is 0. The van der Waals surface area contributed by atoms with Crippen molar-refractivity contribution in [1.29, 1.82) is 0 Å². The van der Waals surface area contributed by atoms with Crippen LogP contribution >= 0.6 is 0 Å². The SMILES string of the molecule is COC1(CNC(=O)N(C)C)CCC1. The minimum atomic E-state index is -0.0777. The van der Waals surface area contributed by atoms with Crippen molar-refractivity contribution in [3.05, 3.63) is 0 Å². The molecule has 0 heterocycles. The zero-order valence-electron chi connectivity index (χ0n) is 8.59. The quantitative estimate of drug-likeness (QED) is 0.709. The van der Waals surface area contributed by atoms with Crippen molar-refractivity contribution >= 4 is 6.03 Å². The molecule has 0 unspecified atom stereocenters. The molecule has 2 amide bonds. The third kappa shape index (κ3) is 2.34. The van der Waals surface area contributed by atoms with E-state index in [2.05, 4.69) is 5.32 Å². The molecule has 0 aliphatic heterocycles. The molecule has 0 spiro atoms. The van der Waals surface area contributed by atoms with Crippen molar-refractivity contribution < 1.29 is 9.53 Å². The van der Waals surface area contributed by atoms with E-state index in [1.807, 2.05) is 0 Å². The smallest absolute Gasteiger partial charge is 0.316 e. The Morgan fingerprint density at radius 2 is 2.15 bits per heavy atom. The van der Waals surface area contributed by atoms with Gasteiger partial charge in [0, 0.05) is 27.7 Å². The monoisotopic (exact) mass is 186 g/mol. The maximum absolute atomic E-state index is 11.2. The first-order chi connectivity index (χ1) is 6.09. The molecule has 0 aromatic heterocycles. The van der Waals surface area contributed by atoms with Gasteiger partial charge in [0.25, 0.3) is 0 Å². The minimum absolute atomic E-state index is 0.0525. The minimum Gasteiger partial charge on any atom is -0.376 e. The Labute approximate surface area is 79.2 Å². The maximum Gasteiger partial charge on any atom is 0.316 e. The highest BCUT2D eigenvalue weighted by Crippen LogP contribution is 2.34. The fourth-order valence-electron chi connectivity index (χ4n) is 1.42. The number of urea groups is 1. The molecule has 0 atom stereocenters. The van der Waals surface area contributed by atoms with Crippen LogP contribution in [0, 0.1) is 0 Å². The predicted octanol–water partition coefficient (Wildman–Crippen LogP) is 0.827. The van der Waals surface area contributed by atoms with Gasteiger partial charge in [-0.05, 0) is 19.3 Å². The molecule has 0 saturated heterocycles. The number of rotatable bonds is 3. The van der Waals surface area contributed by atoms with E-state index in [-0.39, 0.29) is 11.6 Å². The standard InChI is InChI=1S/C9H18N2O2/c1-11(2)8(12)10-7-9(13-3)5-4-6-9/h4-7H2,1-3H3,(H,10,12). The van der Waals surface area contributed by atoms with Crippen molar-refractivity contribution in [1.82, 2.24) is 10.2 Å². The second kappa shape index (κ2) is 3.96. The number of carbonyl (C=O) groups excluding carboxylic acids is 1. The van der Waals surface area contributed by atoms with Crippen LogP contribution in [0.2, 0.25) is 0 Å². The van der Waals surface area contributed by atoms with Gasteiger partial charge >= 0.3 is 6.03 Å². The van der Waals surface area contributed by atoms with Crippen LogP contribution in [0.4, 0.5) is 4.79 Å². The van der Waals surface area contributed by atoms with E-state index < -0.39 is 0 Å². The maximum atomic E-state index is 11.2. The second-order valence-corrected chi connectivity index (χ2v) is 3.79. The molecule has 0 aromatic rings. The van der Waals surface area contributed by atoms with E-state index in [0.717, 1.165) is 12.8 Å². The first kappa shape index (κ1) is 10.3. The second-order valence-electron chi connectivity index (χ2n) is 3.79. The summed E-state index contributed by atoms with van der Waals surface area (Å²) >= 11 is 0. The number of nitrogens with zero attached hydrogens (tertiary/aromatic N) is 1. The first-order valence-corrected chi connectivity index (χ1v) is 4.60. The van der Waals surface area contributed by atoms with Gasteiger partial charge < -0.3 is 15.0 Å². The van der Waals surface area contributed by atoms with E-state index in [1.165, 1.54) is 11.3 Å². The highest BCUT2D eigenvalue weighted by molar-refractivity contribution is 5.73. The molecule has 76 valence electrons. The van der Waals surface area contributed by atoms with Gasteiger partial charge in [-0.2, -0.15) is 0 Å². The van der Waals surface area contributed by atoms with Crippen LogP contribution in [0.1, 0.15) is 19.3 Å². The molecule has 1 aliphatic carbocycles. The van der Waals surface area contributed by atoms with Gasteiger partial charge in [0.2, 0.25) is 0 Å². The third-order valence-corrected chi connectivity index (χ3v) is 2.67. The van der Waals surface area contributed by atoms with Crippen LogP contribution in [0.15, 0.2) is 0 Å². The average Bonchev–Trinajstić information content (AvgIpc) is 2.02. The number of hydrogen-bond donors (Lipinski definition) is 1. The van der Waals surface area contributed by atoms with Crippen LogP contribution in [-0.2, 0) is 4.74 Å². The van der Waals surface area contributed by atoms with Gasteiger partial charge in [0.05, 0.1) is 5.60 Å². The summed E-state index contributed by atoms with van der Waals surface area (Å²) in [4.78, 5) is 12.7. The summed E-state index contributed by atoms with van der Waals surface area (Å²) in [6.07, 6.45) is 3.31. The van der Waals surface area contributed by atoms with Crippen LogP contribution in [-0.4, -0.2) is 44.3 Å². The Hall–Kier alpha value is -0.770. The summed E-state index contributed by atoms with van der Waals surface area (Å²) in [5, 5.41) is 2.84. The molecular weight excluding hydrogens is 168 g/mol. The number of carbonyl (C=O) groups is 1. The van der Waals surface area contributed by atoms with E-state index >= 15 is 0 Å². The van der Waals surface area contributed by atoms with E-state index in [4.69, 9.17) is 4.74 Å². The van der Waals surface area contributed by atoms with Gasteiger partial charge in [-0.1, -0.05) is 0 Å². The fourth-order valence-corrected chi connectivity index (χ4v) is 1.42. The third-order valence-electron chi connectivity index (χ3n) is 2.67. The number of ether oxygens (including phenoxy) is 1. The lowest BCUT2D eigenvalue weighted by Crippen LogP contribution is -2.51. The topological polar surface area (TPSA) is 41.6 Å². The molecule has 1 aliphatic rings. The van der Waals surface area contributed by atoms with E-state index in [9.17, 15) is 4.79 Å². The van der Waals surface area contributed by atoms with Gasteiger partial charge in [0.15, 0.2) is 0 Å². The lowest BCUT2D eigenvalue weighted by molar-refractivity contribution is -0.0677. The first-order valence-electron chi connectivity index (χ1n) is 4.60. The fraction of sp³-hybridized carbons (Fsp3) is 0.889. The Bertz CT molecular complexity index is 183. The molecule has 0 bridgehead atoms. The molecular formula is C9H18N2O2. The van der Waals surface area contributed by atoms with Crippen molar-refractivity contribution in [2.75, 3.05) is 27.7 Å². The average molecular weight is 186 g/mol. The van der Waals surface area contributed by atoms with Crippen molar-refractivity contribution in [2.45, 2.75) is 24.9 Å². The largest absolute Gasteiger partial charge is 0.376 e. The number of nitrogens with one attached hydrogen (secondary N) is 1. The lowest BCUT2D eigenvalue weighted by Gasteiger charge is -2.40. The van der Waals surface area contributed by atoms with E-state index in [1.54, 1.807) is 21.2 Å². The Kier molecular flexibility index (Phi) is 3.14. The summed E-state index contributed by atoms with van der Waals surface area (Å²) in [5.41, 5.74) is -0.0777. The normalized spacial score (nSPS) is 19.0. The molecule has 4 heteroatoms. The van der Waals surface area contributed by atoms with Crippen LogP contribution in [0.3, 0.4) is 0 Å². The molecule has 1 rings (SSSR count). The van der Waals surface area contributed by atoms with Gasteiger partial charge in [-0.3, -0.25) is 0 Å². The highest BCUT2D eigenvalue weighted by Gasteiger charge is 2.37. The predicted molar refractivity (Wildman–Crippen MR) is 50.7 cm³/mol. The summed E-state index contributed by atoms with van der Waals surface area (Å²) in [6.45, 7) is 0.626. The van der Waals surface area contributed by atoms with Crippen molar-refractivity contribution in [3.63, 3.8) is 0 Å². The van der Waals surface area contributed by atoms with Gasteiger partial charge in [-0.25, -0.2) is 4.79 Å². The molecule has 13 heavy (non-hydrogen) atoms. The zero-order chi connectivity index (χ0) is 9.90. The molecule has 1 saturated carbocycles. The molecule has 4 nitrogen and oxygen atoms in total. The Balaban J connectivity index is 2.28. The van der Waals surface area contributed by atoms with Crippen molar-refractivity contribution in [2.24, 2.45) is 0 Å². The number of methoxy groups -OCH3 is 1. The van der Waals surface area contributed by atoms with E-state index in [0.29, 0.717) is 6.54 Å². The lowest BCUT2D eigenvalue weighted by atomic mass is 9.80. The highest BCUT2D eigenvalue weighted by atomic mass is 16.5. The number of hydrogen-bond acceptors (Lipinski definition) is 2. The Morgan fingerprint density at radius 3 is 2.46 bits per heavy atom. The number of amides is 2. The van der Waals surface area contributed by atoms with Crippen LogP contribution in [0.25, 0.3) is 0 Å². The van der Waals surface area contributed by atoms with Gasteiger partial charge in [-0.15, -0.1) is 0 Å². The molecule has 1 N–H and O–H groups in total. The molecule has 0 aromatic carbocycles.